The second kappa shape index (κ2) is 1.99. The minimum absolute atomic E-state index is 0.657. The molecule has 56 valence electrons. The van der Waals surface area contributed by atoms with Crippen molar-refractivity contribution in [1.29, 1.82) is 0 Å². The van der Waals surface area contributed by atoms with E-state index in [2.05, 4.69) is 5.10 Å². The Morgan fingerprint density at radius 1 is 1.36 bits per heavy atom. The predicted octanol–water partition coefficient (Wildman–Crippen LogP) is 1.69. The minimum Gasteiger partial charge on any atom is -0.790 e. The van der Waals surface area contributed by atoms with Crippen LogP contribution in [0.2, 0.25) is 0 Å². The van der Waals surface area contributed by atoms with Gasteiger partial charge in [0.2, 0.25) is 0 Å². The van der Waals surface area contributed by atoms with E-state index in [0.717, 1.165) is 10.9 Å². The second-order valence-electron chi connectivity index (χ2n) is 2.48. The van der Waals surface area contributed by atoms with Gasteiger partial charge >= 0.3 is 0 Å². The van der Waals surface area contributed by atoms with Crippen molar-refractivity contribution in [2.75, 3.05) is 0 Å². The molecule has 2 aromatic rings. The summed E-state index contributed by atoms with van der Waals surface area (Å²) in [6.07, 6.45) is 0. The molecule has 0 aliphatic heterocycles. The Hall–Kier alpha value is -1.51. The molecule has 0 spiro atoms. The number of hydrogen-bond donors (Lipinski definition) is 0. The summed E-state index contributed by atoms with van der Waals surface area (Å²) < 4.78 is 0. The molecule has 1 aromatic heterocycles. The summed E-state index contributed by atoms with van der Waals surface area (Å²) in [6.45, 7) is 1.77. The van der Waals surface area contributed by atoms with Crippen LogP contribution in [0.15, 0.2) is 24.3 Å². The van der Waals surface area contributed by atoms with Crippen LogP contribution in [0.5, 0.6) is 0 Å². The quantitative estimate of drug-likeness (QED) is 0.569. The van der Waals surface area contributed by atoms with Crippen LogP contribution in [0.1, 0.15) is 5.69 Å². The van der Waals surface area contributed by atoms with Gasteiger partial charge in [-0.05, 0) is 13.0 Å². The zero-order valence-electron chi connectivity index (χ0n) is 6.11. The molecule has 0 saturated carbocycles. The van der Waals surface area contributed by atoms with Gasteiger partial charge in [0.25, 0.3) is 0 Å². The lowest BCUT2D eigenvalue weighted by molar-refractivity contribution is 0.868. The summed E-state index contributed by atoms with van der Waals surface area (Å²) in [6, 6.07) is 7.49. The van der Waals surface area contributed by atoms with Gasteiger partial charge in [0, 0.05) is 11.1 Å². The lowest BCUT2D eigenvalue weighted by Gasteiger charge is -2.03. The van der Waals surface area contributed by atoms with E-state index in [-0.39, 0.29) is 0 Å². The van der Waals surface area contributed by atoms with Crippen molar-refractivity contribution in [1.82, 2.24) is 9.94 Å². The Kier molecular flexibility index (Phi) is 1.12. The van der Waals surface area contributed by atoms with Crippen LogP contribution < -0.4 is 0 Å². The van der Waals surface area contributed by atoms with Crippen LogP contribution in [0.25, 0.3) is 10.9 Å². The Morgan fingerprint density at radius 2 is 2.09 bits per heavy atom. The highest BCUT2D eigenvalue weighted by atomic mass is 16.5. The molecule has 0 aliphatic carbocycles. The maximum Gasteiger partial charge on any atom is 0.0922 e. The van der Waals surface area contributed by atoms with Gasteiger partial charge in [-0.1, -0.05) is 18.2 Å². The van der Waals surface area contributed by atoms with E-state index >= 15 is 0 Å². The average molecular weight is 147 g/mol. The molecular weight excluding hydrogens is 140 g/mol. The number of aromatic nitrogens is 2. The summed E-state index contributed by atoms with van der Waals surface area (Å²) >= 11 is 0. The molecule has 0 unspecified atom stereocenters. The highest BCUT2D eigenvalue weighted by Crippen LogP contribution is 2.15. The van der Waals surface area contributed by atoms with Crippen LogP contribution in [0.3, 0.4) is 0 Å². The third-order valence-corrected chi connectivity index (χ3v) is 1.78. The summed E-state index contributed by atoms with van der Waals surface area (Å²) in [7, 11) is 0. The van der Waals surface area contributed by atoms with E-state index in [9.17, 15) is 5.21 Å². The molecule has 11 heavy (non-hydrogen) atoms. The van der Waals surface area contributed by atoms with Gasteiger partial charge in [0.1, 0.15) is 0 Å². The highest BCUT2D eigenvalue weighted by Gasteiger charge is 1.98. The lowest BCUT2D eigenvalue weighted by Crippen LogP contribution is -1.88. The van der Waals surface area contributed by atoms with Crippen LogP contribution in [0, 0.1) is 12.1 Å². The van der Waals surface area contributed by atoms with E-state index in [1.165, 1.54) is 0 Å². The minimum atomic E-state index is 0.657. The van der Waals surface area contributed by atoms with Crippen molar-refractivity contribution in [2.24, 2.45) is 0 Å². The van der Waals surface area contributed by atoms with Crippen molar-refractivity contribution in [2.45, 2.75) is 6.92 Å². The number of rotatable bonds is 0. The maximum atomic E-state index is 10.9. The van der Waals surface area contributed by atoms with Gasteiger partial charge in [-0.3, -0.25) is 4.85 Å². The van der Waals surface area contributed by atoms with Gasteiger partial charge in [-0.15, -0.1) is 0 Å². The van der Waals surface area contributed by atoms with E-state index in [4.69, 9.17) is 0 Å². The number of benzene rings is 1. The molecule has 0 amide bonds. The SMILES string of the molecule is Cc1c2ccccc2nn1[O-]. The summed E-state index contributed by atoms with van der Waals surface area (Å²) in [5, 5.41) is 15.7. The number of aryl methyl sites for hydroxylation is 1. The van der Waals surface area contributed by atoms with Crippen molar-refractivity contribution in [3.63, 3.8) is 0 Å². The molecule has 3 nitrogen and oxygen atoms in total. The monoisotopic (exact) mass is 147 g/mol. The van der Waals surface area contributed by atoms with Crippen LogP contribution in [-0.4, -0.2) is 9.94 Å². The van der Waals surface area contributed by atoms with Gasteiger partial charge in [0.15, 0.2) is 0 Å². The standard InChI is InChI=1S/C8H7N2O/c1-6-7-4-2-3-5-8(7)9-10(6)11/h2-5H,1H3/q-1. The van der Waals surface area contributed by atoms with E-state index in [1.807, 2.05) is 24.3 Å². The van der Waals surface area contributed by atoms with E-state index < -0.39 is 0 Å². The van der Waals surface area contributed by atoms with Crippen molar-refractivity contribution >= 4 is 10.9 Å². The maximum absolute atomic E-state index is 10.9. The first-order valence-electron chi connectivity index (χ1n) is 3.41. The zero-order valence-corrected chi connectivity index (χ0v) is 6.11. The Balaban J connectivity index is 2.92. The van der Waals surface area contributed by atoms with E-state index in [1.54, 1.807) is 6.92 Å². The third-order valence-electron chi connectivity index (χ3n) is 1.78. The van der Waals surface area contributed by atoms with Gasteiger partial charge in [0.05, 0.1) is 5.52 Å². The summed E-state index contributed by atoms with van der Waals surface area (Å²) in [5.74, 6) is 0. The van der Waals surface area contributed by atoms with E-state index in [0.29, 0.717) is 10.5 Å². The first-order valence-corrected chi connectivity index (χ1v) is 3.41. The first-order chi connectivity index (χ1) is 5.29. The Bertz CT molecular complexity index is 392. The van der Waals surface area contributed by atoms with Gasteiger partial charge < -0.3 is 5.21 Å². The molecule has 0 N–H and O–H groups in total. The molecule has 0 bridgehead atoms. The van der Waals surface area contributed by atoms with Crippen molar-refractivity contribution in [3.8, 4) is 0 Å². The molecule has 0 saturated heterocycles. The number of nitrogens with zero attached hydrogens (tertiary/aromatic N) is 2. The predicted molar refractivity (Wildman–Crippen MR) is 43.2 cm³/mol. The lowest BCUT2D eigenvalue weighted by atomic mass is 10.2. The number of fused-ring (bicyclic) bond motifs is 1. The highest BCUT2D eigenvalue weighted by molar-refractivity contribution is 5.81. The largest absolute Gasteiger partial charge is 0.790 e. The fourth-order valence-corrected chi connectivity index (χ4v) is 1.14. The number of hydrogen-bond acceptors (Lipinski definition) is 2. The molecule has 0 aliphatic rings. The van der Waals surface area contributed by atoms with Crippen LogP contribution in [0.4, 0.5) is 0 Å². The average Bonchev–Trinajstić information content (AvgIpc) is 2.30. The fourth-order valence-electron chi connectivity index (χ4n) is 1.14. The first kappa shape index (κ1) is 6.22. The Morgan fingerprint density at radius 3 is 2.82 bits per heavy atom. The molecule has 3 heteroatoms. The topological polar surface area (TPSA) is 40.9 Å². The molecule has 0 atom stereocenters. The molecular formula is C8H7N2O-. The third kappa shape index (κ3) is 0.774. The summed E-state index contributed by atoms with van der Waals surface area (Å²) in [4.78, 5) is 0.657. The van der Waals surface area contributed by atoms with Gasteiger partial charge in [-0.2, -0.15) is 5.10 Å². The molecule has 0 radical (unpaired) electrons. The van der Waals surface area contributed by atoms with Crippen LogP contribution >= 0.6 is 0 Å². The normalized spacial score (nSPS) is 10.6. The smallest absolute Gasteiger partial charge is 0.0922 e. The van der Waals surface area contributed by atoms with Crippen molar-refractivity contribution < 1.29 is 0 Å². The van der Waals surface area contributed by atoms with Gasteiger partial charge in [-0.25, -0.2) is 0 Å². The molecule has 2 rings (SSSR count). The molecule has 0 fully saturated rings. The fraction of sp³-hybridized carbons (Fsp3) is 0.125. The van der Waals surface area contributed by atoms with Crippen molar-refractivity contribution in [3.05, 3.63) is 35.2 Å². The second-order valence-corrected chi connectivity index (χ2v) is 2.48. The van der Waals surface area contributed by atoms with Crippen LogP contribution in [-0.2, 0) is 0 Å². The zero-order chi connectivity index (χ0) is 7.84. The molecule has 1 heterocycles. The Labute approximate surface area is 63.8 Å². The summed E-state index contributed by atoms with van der Waals surface area (Å²) in [5.41, 5.74) is 1.43. The molecule has 1 aromatic carbocycles.